The van der Waals surface area contributed by atoms with E-state index < -0.39 is 0 Å². The van der Waals surface area contributed by atoms with Crippen molar-refractivity contribution < 1.29 is 4.74 Å². The first-order valence-corrected chi connectivity index (χ1v) is 7.22. The molecule has 3 unspecified atom stereocenters. The zero-order valence-electron chi connectivity index (χ0n) is 11.6. The van der Waals surface area contributed by atoms with E-state index >= 15 is 0 Å². The number of hydrogen-bond donors (Lipinski definition) is 1. The summed E-state index contributed by atoms with van der Waals surface area (Å²) in [5.74, 6) is 1.53. The summed E-state index contributed by atoms with van der Waals surface area (Å²) in [7, 11) is 0. The lowest BCUT2D eigenvalue weighted by molar-refractivity contribution is 0.0381. The van der Waals surface area contributed by atoms with Gasteiger partial charge in [-0.25, -0.2) is 0 Å². The summed E-state index contributed by atoms with van der Waals surface area (Å²) in [6.07, 6.45) is 2.55. The second-order valence-corrected chi connectivity index (χ2v) is 6.10. The van der Waals surface area contributed by atoms with Gasteiger partial charge < -0.3 is 15.0 Å². The number of nitrogens with one attached hydrogen (secondary N) is 1. The Morgan fingerprint density at radius 2 is 2.18 bits per heavy atom. The van der Waals surface area contributed by atoms with E-state index in [9.17, 15) is 0 Å². The van der Waals surface area contributed by atoms with E-state index in [-0.39, 0.29) is 0 Å². The third-order valence-corrected chi connectivity index (χ3v) is 4.36. The minimum atomic E-state index is 0.673. The van der Waals surface area contributed by atoms with Crippen molar-refractivity contribution in [2.45, 2.75) is 45.7 Å². The third-order valence-electron chi connectivity index (χ3n) is 4.36. The first kappa shape index (κ1) is 13.3. The maximum atomic E-state index is 5.48. The van der Waals surface area contributed by atoms with Crippen molar-refractivity contribution in [1.29, 1.82) is 0 Å². The average Bonchev–Trinajstić information content (AvgIpc) is 2.77. The molecule has 2 heterocycles. The van der Waals surface area contributed by atoms with Crippen molar-refractivity contribution in [2.24, 2.45) is 11.8 Å². The van der Waals surface area contributed by atoms with E-state index in [1.54, 1.807) is 0 Å². The van der Waals surface area contributed by atoms with Crippen LogP contribution in [0.3, 0.4) is 0 Å². The molecule has 0 aromatic rings. The van der Waals surface area contributed by atoms with Crippen LogP contribution in [0, 0.1) is 11.8 Å². The van der Waals surface area contributed by atoms with E-state index in [0.29, 0.717) is 18.0 Å². The average molecular weight is 240 g/mol. The monoisotopic (exact) mass is 240 g/mol. The van der Waals surface area contributed by atoms with Crippen molar-refractivity contribution in [3.8, 4) is 0 Å². The highest BCUT2D eigenvalue weighted by molar-refractivity contribution is 4.82. The zero-order valence-corrected chi connectivity index (χ0v) is 11.6. The summed E-state index contributed by atoms with van der Waals surface area (Å²) in [4.78, 5) is 2.60. The highest BCUT2D eigenvalue weighted by atomic mass is 16.5. The molecule has 0 spiro atoms. The van der Waals surface area contributed by atoms with Crippen LogP contribution in [0.1, 0.15) is 33.6 Å². The summed E-state index contributed by atoms with van der Waals surface area (Å²) in [5.41, 5.74) is 0. The summed E-state index contributed by atoms with van der Waals surface area (Å²) in [6, 6.07) is 1.39. The maximum Gasteiger partial charge on any atom is 0.0506 e. The molecule has 0 aromatic carbocycles. The minimum absolute atomic E-state index is 0.673. The molecule has 0 amide bonds. The van der Waals surface area contributed by atoms with Crippen LogP contribution in [0.2, 0.25) is 0 Å². The lowest BCUT2D eigenvalue weighted by Crippen LogP contribution is -2.43. The van der Waals surface area contributed by atoms with Crippen LogP contribution >= 0.6 is 0 Å². The molecule has 0 aromatic heterocycles. The molecule has 0 saturated carbocycles. The normalized spacial score (nSPS) is 35.6. The molecule has 2 rings (SSSR count). The minimum Gasteiger partial charge on any atom is -0.381 e. The molecular weight excluding hydrogens is 212 g/mol. The van der Waals surface area contributed by atoms with E-state index in [1.165, 1.54) is 32.5 Å². The van der Waals surface area contributed by atoms with Crippen LogP contribution in [-0.2, 0) is 4.74 Å². The Morgan fingerprint density at radius 1 is 1.35 bits per heavy atom. The van der Waals surface area contributed by atoms with Gasteiger partial charge in [0.1, 0.15) is 0 Å². The number of likely N-dealkylation sites (tertiary alicyclic amines) is 1. The van der Waals surface area contributed by atoms with Crippen molar-refractivity contribution >= 4 is 0 Å². The lowest BCUT2D eigenvalue weighted by atomic mass is 9.97. The Hall–Kier alpha value is -0.120. The van der Waals surface area contributed by atoms with Gasteiger partial charge in [0.25, 0.3) is 0 Å². The lowest BCUT2D eigenvalue weighted by Gasteiger charge is -2.30. The second kappa shape index (κ2) is 6.17. The highest BCUT2D eigenvalue weighted by Gasteiger charge is 2.26. The molecule has 3 atom stereocenters. The Bertz CT molecular complexity index is 232. The first-order chi connectivity index (χ1) is 8.16. The smallest absolute Gasteiger partial charge is 0.0506 e. The third kappa shape index (κ3) is 3.67. The van der Waals surface area contributed by atoms with Gasteiger partial charge in [0, 0.05) is 25.2 Å². The molecule has 3 nitrogen and oxygen atoms in total. The molecule has 2 fully saturated rings. The van der Waals surface area contributed by atoms with E-state index in [1.807, 2.05) is 0 Å². The van der Waals surface area contributed by atoms with Gasteiger partial charge in [-0.05, 0) is 51.6 Å². The van der Waals surface area contributed by atoms with E-state index in [2.05, 4.69) is 31.0 Å². The van der Waals surface area contributed by atoms with Crippen LogP contribution in [0.5, 0.6) is 0 Å². The van der Waals surface area contributed by atoms with Crippen LogP contribution in [0.15, 0.2) is 0 Å². The zero-order chi connectivity index (χ0) is 12.3. The Balaban J connectivity index is 1.68. The summed E-state index contributed by atoms with van der Waals surface area (Å²) < 4.78 is 5.48. The van der Waals surface area contributed by atoms with Gasteiger partial charge in [-0.2, -0.15) is 0 Å². The summed E-state index contributed by atoms with van der Waals surface area (Å²) in [6.45, 7) is 12.5. The van der Waals surface area contributed by atoms with Gasteiger partial charge in [-0.3, -0.25) is 0 Å². The summed E-state index contributed by atoms with van der Waals surface area (Å²) in [5, 5.41) is 3.77. The number of rotatable bonds is 4. The number of hydrogen-bond acceptors (Lipinski definition) is 3. The highest BCUT2D eigenvalue weighted by Crippen LogP contribution is 2.19. The van der Waals surface area contributed by atoms with Gasteiger partial charge in [0.2, 0.25) is 0 Å². The second-order valence-electron chi connectivity index (χ2n) is 6.10. The van der Waals surface area contributed by atoms with Gasteiger partial charge in [-0.1, -0.05) is 6.92 Å². The Morgan fingerprint density at radius 3 is 2.82 bits per heavy atom. The topological polar surface area (TPSA) is 24.5 Å². The molecule has 2 aliphatic rings. The molecule has 3 heteroatoms. The van der Waals surface area contributed by atoms with E-state index in [4.69, 9.17) is 4.74 Å². The molecule has 2 saturated heterocycles. The fourth-order valence-corrected chi connectivity index (χ4v) is 3.00. The Kier molecular flexibility index (Phi) is 4.83. The predicted molar refractivity (Wildman–Crippen MR) is 71.2 cm³/mol. The van der Waals surface area contributed by atoms with Crippen molar-refractivity contribution in [1.82, 2.24) is 10.2 Å². The predicted octanol–water partition coefficient (Wildman–Crippen LogP) is 1.73. The van der Waals surface area contributed by atoms with Crippen LogP contribution in [-0.4, -0.2) is 49.8 Å². The van der Waals surface area contributed by atoms with Crippen LogP contribution in [0.25, 0.3) is 0 Å². The molecule has 2 aliphatic heterocycles. The molecule has 17 heavy (non-hydrogen) atoms. The quantitative estimate of drug-likeness (QED) is 0.810. The number of ether oxygens (including phenoxy) is 1. The SMILES string of the molecule is CC1COCCC1NCC1CCN(C(C)C)C1. The molecule has 100 valence electrons. The first-order valence-electron chi connectivity index (χ1n) is 7.22. The summed E-state index contributed by atoms with van der Waals surface area (Å²) >= 11 is 0. The molecule has 0 aliphatic carbocycles. The fraction of sp³-hybridized carbons (Fsp3) is 1.00. The fourth-order valence-electron chi connectivity index (χ4n) is 3.00. The van der Waals surface area contributed by atoms with Gasteiger partial charge >= 0.3 is 0 Å². The van der Waals surface area contributed by atoms with Crippen molar-refractivity contribution in [3.05, 3.63) is 0 Å². The number of nitrogens with zero attached hydrogens (tertiary/aromatic N) is 1. The molecule has 0 radical (unpaired) electrons. The molecular formula is C14H28N2O. The van der Waals surface area contributed by atoms with Crippen LogP contribution in [0.4, 0.5) is 0 Å². The molecule has 1 N–H and O–H groups in total. The van der Waals surface area contributed by atoms with Gasteiger partial charge in [0.15, 0.2) is 0 Å². The van der Waals surface area contributed by atoms with Crippen molar-refractivity contribution in [2.75, 3.05) is 32.8 Å². The van der Waals surface area contributed by atoms with Gasteiger partial charge in [-0.15, -0.1) is 0 Å². The van der Waals surface area contributed by atoms with Crippen molar-refractivity contribution in [3.63, 3.8) is 0 Å². The molecule has 0 bridgehead atoms. The maximum absolute atomic E-state index is 5.48. The standard InChI is InChI=1S/C14H28N2O/c1-11(2)16-6-4-13(9-16)8-15-14-5-7-17-10-12(14)3/h11-15H,4-10H2,1-3H3. The van der Waals surface area contributed by atoms with E-state index in [0.717, 1.165) is 19.1 Å². The van der Waals surface area contributed by atoms with Gasteiger partial charge in [0.05, 0.1) is 6.61 Å². The largest absolute Gasteiger partial charge is 0.381 e. The van der Waals surface area contributed by atoms with Crippen LogP contribution < -0.4 is 5.32 Å². The Labute approximate surface area is 106 Å².